The Balaban J connectivity index is 2.03. The van der Waals surface area contributed by atoms with Crippen LogP contribution in [-0.2, 0) is 0 Å². The number of hydrogen-bond acceptors (Lipinski definition) is 3. The van der Waals surface area contributed by atoms with Crippen molar-refractivity contribution in [2.45, 2.75) is 38.0 Å². The summed E-state index contributed by atoms with van der Waals surface area (Å²) in [5.41, 5.74) is 9.08. The minimum absolute atomic E-state index is 0.429. The normalized spacial score (nSPS) is 16.7. The monoisotopic (exact) mass is 320 g/mol. The van der Waals surface area contributed by atoms with Gasteiger partial charge in [0.1, 0.15) is 0 Å². The van der Waals surface area contributed by atoms with Crippen molar-refractivity contribution in [3.05, 3.63) is 34.4 Å². The Bertz CT molecular complexity index is 573. The van der Waals surface area contributed by atoms with Gasteiger partial charge >= 0.3 is 0 Å². The van der Waals surface area contributed by atoms with Gasteiger partial charge in [0, 0.05) is 10.4 Å². The molecule has 2 N–H and O–H groups in total. The molecule has 1 heterocycles. The molecule has 0 saturated heterocycles. The molecule has 0 radical (unpaired) electrons. The first-order chi connectivity index (χ1) is 9.25. The lowest BCUT2D eigenvalue weighted by atomic mass is 9.84. The summed E-state index contributed by atoms with van der Waals surface area (Å²) < 4.78 is 6.30. The van der Waals surface area contributed by atoms with Crippen LogP contribution in [0.25, 0.3) is 11.1 Å². The highest BCUT2D eigenvalue weighted by Crippen LogP contribution is 2.40. The summed E-state index contributed by atoms with van der Waals surface area (Å²) in [5, 5.41) is 4.23. The van der Waals surface area contributed by atoms with Crippen LogP contribution in [0, 0.1) is 0 Å². The fraction of sp³-hybridized carbons (Fsp3) is 0.400. The molecule has 19 heavy (non-hydrogen) atoms. The molecule has 3 nitrogen and oxygen atoms in total. The van der Waals surface area contributed by atoms with Crippen molar-refractivity contribution in [3.63, 3.8) is 0 Å². The molecule has 1 saturated carbocycles. The molecule has 1 aromatic heterocycles. The van der Waals surface area contributed by atoms with E-state index in [9.17, 15) is 0 Å². The van der Waals surface area contributed by atoms with Gasteiger partial charge in [-0.3, -0.25) is 0 Å². The summed E-state index contributed by atoms with van der Waals surface area (Å²) in [6.07, 6.45) is 6.25. The largest absolute Gasteiger partial charge is 0.367 e. The molecular weight excluding hydrogens is 304 g/mol. The highest BCUT2D eigenvalue weighted by Gasteiger charge is 2.25. The van der Waals surface area contributed by atoms with E-state index < -0.39 is 0 Å². The van der Waals surface area contributed by atoms with E-state index in [1.54, 1.807) is 0 Å². The van der Waals surface area contributed by atoms with Crippen molar-refractivity contribution in [1.29, 1.82) is 0 Å². The SMILES string of the molecule is Nc1onc(C2CCCCC2)c1-c1cccc(Br)c1. The van der Waals surface area contributed by atoms with E-state index in [1.165, 1.54) is 32.1 Å². The molecule has 0 spiro atoms. The Kier molecular flexibility index (Phi) is 3.60. The molecule has 100 valence electrons. The van der Waals surface area contributed by atoms with Gasteiger partial charge in [0.2, 0.25) is 5.88 Å². The number of aromatic nitrogens is 1. The lowest BCUT2D eigenvalue weighted by molar-refractivity contribution is 0.388. The van der Waals surface area contributed by atoms with Crippen molar-refractivity contribution in [2.24, 2.45) is 0 Å². The van der Waals surface area contributed by atoms with Crippen LogP contribution >= 0.6 is 15.9 Å². The molecule has 1 aliphatic rings. The number of rotatable bonds is 2. The first-order valence-electron chi connectivity index (χ1n) is 6.76. The maximum absolute atomic E-state index is 5.99. The molecular formula is C15H17BrN2O. The highest BCUT2D eigenvalue weighted by atomic mass is 79.9. The van der Waals surface area contributed by atoms with Crippen LogP contribution in [0.2, 0.25) is 0 Å². The second-order valence-corrected chi connectivity index (χ2v) is 6.07. The first kappa shape index (κ1) is 12.7. The van der Waals surface area contributed by atoms with Gasteiger partial charge < -0.3 is 10.3 Å². The molecule has 1 fully saturated rings. The Hall–Kier alpha value is -1.29. The number of anilines is 1. The second kappa shape index (κ2) is 5.37. The van der Waals surface area contributed by atoms with E-state index in [2.05, 4.69) is 33.2 Å². The number of benzene rings is 1. The molecule has 2 aromatic rings. The zero-order chi connectivity index (χ0) is 13.2. The average molecular weight is 321 g/mol. The minimum Gasteiger partial charge on any atom is -0.367 e. The second-order valence-electron chi connectivity index (χ2n) is 5.15. The van der Waals surface area contributed by atoms with E-state index in [0.717, 1.165) is 21.3 Å². The number of hydrogen-bond donors (Lipinski definition) is 1. The third kappa shape index (κ3) is 2.54. The van der Waals surface area contributed by atoms with Crippen molar-refractivity contribution in [2.75, 3.05) is 5.73 Å². The van der Waals surface area contributed by atoms with Gasteiger partial charge in [-0.1, -0.05) is 52.5 Å². The summed E-state index contributed by atoms with van der Waals surface area (Å²) in [4.78, 5) is 0. The minimum atomic E-state index is 0.429. The first-order valence-corrected chi connectivity index (χ1v) is 7.56. The van der Waals surface area contributed by atoms with Gasteiger partial charge in [0.15, 0.2) is 0 Å². The molecule has 0 atom stereocenters. The van der Waals surface area contributed by atoms with E-state index >= 15 is 0 Å². The lowest BCUT2D eigenvalue weighted by Gasteiger charge is -2.20. The molecule has 0 unspecified atom stereocenters. The van der Waals surface area contributed by atoms with E-state index in [4.69, 9.17) is 10.3 Å². The predicted molar refractivity (Wildman–Crippen MR) is 79.9 cm³/mol. The van der Waals surface area contributed by atoms with Crippen LogP contribution in [0.4, 0.5) is 5.88 Å². The van der Waals surface area contributed by atoms with Crippen LogP contribution in [0.15, 0.2) is 33.3 Å². The van der Waals surface area contributed by atoms with Gasteiger partial charge in [-0.15, -0.1) is 0 Å². The van der Waals surface area contributed by atoms with E-state index in [0.29, 0.717) is 11.8 Å². The fourth-order valence-corrected chi connectivity index (χ4v) is 3.30. The number of halogens is 1. The molecule has 3 rings (SSSR count). The van der Waals surface area contributed by atoms with Crippen molar-refractivity contribution >= 4 is 21.8 Å². The third-order valence-electron chi connectivity index (χ3n) is 3.85. The highest BCUT2D eigenvalue weighted by molar-refractivity contribution is 9.10. The Morgan fingerprint density at radius 1 is 1.21 bits per heavy atom. The summed E-state index contributed by atoms with van der Waals surface area (Å²) in [6, 6.07) is 8.14. The third-order valence-corrected chi connectivity index (χ3v) is 4.34. The number of nitrogens with zero attached hydrogens (tertiary/aromatic N) is 1. The van der Waals surface area contributed by atoms with Gasteiger partial charge in [-0.25, -0.2) is 0 Å². The Morgan fingerprint density at radius 3 is 2.74 bits per heavy atom. The Morgan fingerprint density at radius 2 is 2.00 bits per heavy atom. The molecule has 1 aliphatic carbocycles. The summed E-state index contributed by atoms with van der Waals surface area (Å²) in [7, 11) is 0. The maximum atomic E-state index is 5.99. The van der Waals surface area contributed by atoms with Gasteiger partial charge in [-0.05, 0) is 30.5 Å². The van der Waals surface area contributed by atoms with Crippen molar-refractivity contribution in [1.82, 2.24) is 5.16 Å². The zero-order valence-electron chi connectivity index (χ0n) is 10.7. The molecule has 1 aromatic carbocycles. The number of nitrogens with two attached hydrogens (primary N) is 1. The van der Waals surface area contributed by atoms with Crippen LogP contribution in [0.5, 0.6) is 0 Å². The van der Waals surface area contributed by atoms with Crippen LogP contribution in [0.1, 0.15) is 43.7 Å². The van der Waals surface area contributed by atoms with Crippen LogP contribution in [-0.4, -0.2) is 5.16 Å². The van der Waals surface area contributed by atoms with Crippen LogP contribution < -0.4 is 5.73 Å². The summed E-state index contributed by atoms with van der Waals surface area (Å²) >= 11 is 3.50. The quantitative estimate of drug-likeness (QED) is 0.869. The molecule has 4 heteroatoms. The van der Waals surface area contributed by atoms with Gasteiger partial charge in [0.05, 0.1) is 11.3 Å². The Labute approximate surface area is 121 Å². The van der Waals surface area contributed by atoms with Crippen LogP contribution in [0.3, 0.4) is 0 Å². The standard InChI is InChI=1S/C15H17BrN2O/c16-12-8-4-7-11(9-12)13-14(18-19-15(13)17)10-5-2-1-3-6-10/h4,7-10H,1-3,5-6,17H2. The summed E-state index contributed by atoms with van der Waals surface area (Å²) in [6.45, 7) is 0. The maximum Gasteiger partial charge on any atom is 0.230 e. The van der Waals surface area contributed by atoms with Crippen molar-refractivity contribution in [3.8, 4) is 11.1 Å². The molecule has 0 aliphatic heterocycles. The van der Waals surface area contributed by atoms with E-state index in [-0.39, 0.29) is 0 Å². The zero-order valence-corrected chi connectivity index (χ0v) is 12.3. The topological polar surface area (TPSA) is 52.0 Å². The van der Waals surface area contributed by atoms with Crippen molar-refractivity contribution < 1.29 is 4.52 Å². The smallest absolute Gasteiger partial charge is 0.230 e. The molecule has 0 bridgehead atoms. The van der Waals surface area contributed by atoms with Gasteiger partial charge in [0.25, 0.3) is 0 Å². The molecule has 0 amide bonds. The van der Waals surface area contributed by atoms with E-state index in [1.807, 2.05) is 12.1 Å². The predicted octanol–water partition coefficient (Wildman–Crippen LogP) is 4.73. The van der Waals surface area contributed by atoms with Gasteiger partial charge in [-0.2, -0.15) is 0 Å². The fourth-order valence-electron chi connectivity index (χ4n) is 2.90. The summed E-state index contributed by atoms with van der Waals surface area (Å²) in [5.74, 6) is 0.919. The lowest BCUT2D eigenvalue weighted by Crippen LogP contribution is -2.06. The average Bonchev–Trinajstić information content (AvgIpc) is 2.82. The number of nitrogen functional groups attached to an aromatic ring is 1.